The van der Waals surface area contributed by atoms with E-state index in [-0.39, 0.29) is 17.2 Å². The minimum absolute atomic E-state index is 0.0137. The van der Waals surface area contributed by atoms with Crippen molar-refractivity contribution in [3.63, 3.8) is 0 Å². The van der Waals surface area contributed by atoms with Gasteiger partial charge in [-0.05, 0) is 18.2 Å². The van der Waals surface area contributed by atoms with Gasteiger partial charge in [0.1, 0.15) is 5.75 Å². The number of hydrogen-bond donors (Lipinski definition) is 2. The number of aromatic hydroxyl groups is 1. The molecule has 2 rings (SSSR count). The highest BCUT2D eigenvalue weighted by Crippen LogP contribution is 2.25. The Morgan fingerprint density at radius 1 is 1.23 bits per heavy atom. The summed E-state index contributed by atoms with van der Waals surface area (Å²) in [5.74, 6) is -0.179. The van der Waals surface area contributed by atoms with Gasteiger partial charge in [0, 0.05) is 5.56 Å². The van der Waals surface area contributed by atoms with Crippen molar-refractivity contribution in [1.29, 1.82) is 5.41 Å². The van der Waals surface area contributed by atoms with Gasteiger partial charge in [0.15, 0.2) is 5.78 Å². The topological polar surface area (TPSA) is 61.2 Å². The van der Waals surface area contributed by atoms with Gasteiger partial charge in [-0.15, -0.1) is 0 Å². The molecule has 0 unspecified atom stereocenters. The first-order valence-corrected chi connectivity index (χ1v) is 3.83. The van der Waals surface area contributed by atoms with E-state index in [0.29, 0.717) is 11.1 Å². The number of phenols is 1. The zero-order chi connectivity index (χ0) is 9.42. The maximum Gasteiger partial charge on any atom is 0.186 e. The lowest BCUT2D eigenvalue weighted by Gasteiger charge is -2.11. The highest BCUT2D eigenvalue weighted by atomic mass is 16.3. The van der Waals surface area contributed by atoms with Crippen LogP contribution < -0.4 is 0 Å². The van der Waals surface area contributed by atoms with Crippen molar-refractivity contribution in [2.24, 2.45) is 0 Å². The van der Waals surface area contributed by atoms with Crippen LogP contribution in [0.1, 0.15) is 15.9 Å². The van der Waals surface area contributed by atoms with Gasteiger partial charge in [0.2, 0.25) is 0 Å². The van der Waals surface area contributed by atoms with Crippen LogP contribution in [0.15, 0.2) is 30.4 Å². The molecule has 0 atom stereocenters. The molecule has 0 saturated carbocycles. The van der Waals surface area contributed by atoms with Crippen molar-refractivity contribution in [2.75, 3.05) is 0 Å². The minimum Gasteiger partial charge on any atom is -0.507 e. The van der Waals surface area contributed by atoms with Gasteiger partial charge in [-0.1, -0.05) is 12.1 Å². The van der Waals surface area contributed by atoms with E-state index in [1.165, 1.54) is 18.2 Å². The van der Waals surface area contributed by atoms with E-state index >= 15 is 0 Å². The fraction of sp³-hybridized carbons (Fsp3) is 0. The van der Waals surface area contributed by atoms with Crippen LogP contribution in [0.3, 0.4) is 0 Å². The summed E-state index contributed by atoms with van der Waals surface area (Å²) < 4.78 is 0. The molecule has 0 aromatic heterocycles. The molecule has 13 heavy (non-hydrogen) atoms. The molecule has 0 fully saturated rings. The van der Waals surface area contributed by atoms with E-state index in [2.05, 4.69) is 0 Å². The highest BCUT2D eigenvalue weighted by molar-refractivity contribution is 6.23. The fourth-order valence-electron chi connectivity index (χ4n) is 1.36. The number of carbonyl (C=O) groups is 1. The van der Waals surface area contributed by atoms with E-state index in [1.807, 2.05) is 0 Å². The molecule has 0 radical (unpaired) electrons. The SMILES string of the molecule is N=C1C=CC(=O)c2cccc(O)c21. The number of benzene rings is 1. The molecule has 0 amide bonds. The fourth-order valence-corrected chi connectivity index (χ4v) is 1.36. The molecule has 1 aliphatic carbocycles. The van der Waals surface area contributed by atoms with Crippen molar-refractivity contribution in [2.45, 2.75) is 0 Å². The number of allylic oxidation sites excluding steroid dienone is 2. The Bertz CT molecular complexity index is 433. The van der Waals surface area contributed by atoms with Crippen LogP contribution in [0, 0.1) is 5.41 Å². The maximum absolute atomic E-state index is 11.3. The Morgan fingerprint density at radius 2 is 2.00 bits per heavy atom. The number of phenolic OH excluding ortho intramolecular Hbond substituents is 1. The summed E-state index contributed by atoms with van der Waals surface area (Å²) in [6.07, 6.45) is 2.73. The van der Waals surface area contributed by atoms with Gasteiger partial charge >= 0.3 is 0 Å². The first-order chi connectivity index (χ1) is 6.20. The summed E-state index contributed by atoms with van der Waals surface area (Å²) in [4.78, 5) is 11.3. The Morgan fingerprint density at radius 3 is 2.69 bits per heavy atom. The van der Waals surface area contributed by atoms with Gasteiger partial charge in [0.25, 0.3) is 0 Å². The molecule has 1 aromatic carbocycles. The molecule has 0 saturated heterocycles. The summed E-state index contributed by atoms with van der Waals surface area (Å²) in [6.45, 7) is 0. The van der Waals surface area contributed by atoms with Gasteiger partial charge in [0.05, 0.1) is 11.3 Å². The Hall–Kier alpha value is -1.90. The lowest BCUT2D eigenvalue weighted by atomic mass is 9.94. The van der Waals surface area contributed by atoms with E-state index in [9.17, 15) is 9.90 Å². The molecule has 1 aliphatic rings. The Balaban J connectivity index is 2.76. The van der Waals surface area contributed by atoms with E-state index in [1.54, 1.807) is 12.1 Å². The summed E-state index contributed by atoms with van der Waals surface area (Å²) in [5, 5.41) is 16.9. The number of fused-ring (bicyclic) bond motifs is 1. The third-order valence-electron chi connectivity index (χ3n) is 1.98. The van der Waals surface area contributed by atoms with E-state index in [4.69, 9.17) is 5.41 Å². The average molecular weight is 173 g/mol. The monoisotopic (exact) mass is 173 g/mol. The summed E-state index contributed by atoms with van der Waals surface area (Å²) in [6, 6.07) is 4.67. The van der Waals surface area contributed by atoms with Gasteiger partial charge in [-0.3, -0.25) is 4.79 Å². The van der Waals surface area contributed by atoms with Crippen LogP contribution in [-0.2, 0) is 0 Å². The van der Waals surface area contributed by atoms with Gasteiger partial charge < -0.3 is 10.5 Å². The maximum atomic E-state index is 11.3. The molecule has 0 bridgehead atoms. The molecule has 3 nitrogen and oxygen atoms in total. The van der Waals surface area contributed by atoms with E-state index < -0.39 is 0 Å². The lowest BCUT2D eigenvalue weighted by Crippen LogP contribution is -2.11. The number of nitrogens with one attached hydrogen (secondary N) is 1. The van der Waals surface area contributed by atoms with Crippen molar-refractivity contribution in [3.8, 4) is 5.75 Å². The molecule has 3 heteroatoms. The van der Waals surface area contributed by atoms with E-state index in [0.717, 1.165) is 0 Å². The zero-order valence-corrected chi connectivity index (χ0v) is 6.74. The molecular formula is C10H7NO2. The lowest BCUT2D eigenvalue weighted by molar-refractivity contribution is 0.104. The summed E-state index contributed by atoms with van der Waals surface area (Å²) in [7, 11) is 0. The summed E-state index contributed by atoms with van der Waals surface area (Å²) >= 11 is 0. The largest absolute Gasteiger partial charge is 0.507 e. The Kier molecular flexibility index (Phi) is 1.52. The number of hydrogen-bond acceptors (Lipinski definition) is 3. The van der Waals surface area contributed by atoms with Crippen LogP contribution in [0.4, 0.5) is 0 Å². The molecule has 1 aromatic rings. The molecular weight excluding hydrogens is 166 g/mol. The first-order valence-electron chi connectivity index (χ1n) is 3.83. The number of ketones is 1. The molecule has 0 aliphatic heterocycles. The number of rotatable bonds is 0. The van der Waals surface area contributed by atoms with Crippen LogP contribution in [-0.4, -0.2) is 16.6 Å². The predicted octanol–water partition coefficient (Wildman–Crippen LogP) is 1.51. The number of carbonyl (C=O) groups excluding carboxylic acids is 1. The smallest absolute Gasteiger partial charge is 0.186 e. The standard InChI is InChI=1S/C10H7NO2/c11-7-4-5-8(12)6-2-1-3-9(13)10(6)7/h1-5,11,13H. The van der Waals surface area contributed by atoms with Crippen LogP contribution in [0.25, 0.3) is 0 Å². The third-order valence-corrected chi connectivity index (χ3v) is 1.98. The van der Waals surface area contributed by atoms with Gasteiger partial charge in [-0.2, -0.15) is 0 Å². The highest BCUT2D eigenvalue weighted by Gasteiger charge is 2.18. The molecule has 0 spiro atoms. The second-order valence-corrected chi connectivity index (χ2v) is 2.81. The second kappa shape index (κ2) is 2.55. The zero-order valence-electron chi connectivity index (χ0n) is 6.74. The predicted molar refractivity (Wildman–Crippen MR) is 48.4 cm³/mol. The Labute approximate surface area is 74.8 Å². The van der Waals surface area contributed by atoms with Crippen molar-refractivity contribution >= 4 is 11.5 Å². The second-order valence-electron chi connectivity index (χ2n) is 2.81. The summed E-state index contributed by atoms with van der Waals surface area (Å²) in [5.41, 5.74) is 0.898. The van der Waals surface area contributed by atoms with Crippen LogP contribution in [0.5, 0.6) is 5.75 Å². The van der Waals surface area contributed by atoms with Crippen molar-refractivity contribution in [1.82, 2.24) is 0 Å². The van der Waals surface area contributed by atoms with Crippen LogP contribution in [0.2, 0.25) is 0 Å². The van der Waals surface area contributed by atoms with Gasteiger partial charge in [-0.25, -0.2) is 0 Å². The quantitative estimate of drug-likeness (QED) is 0.624. The molecule has 0 heterocycles. The molecule has 2 N–H and O–H groups in total. The normalized spacial score (nSPS) is 14.5. The van der Waals surface area contributed by atoms with Crippen LogP contribution >= 0.6 is 0 Å². The van der Waals surface area contributed by atoms with Crippen molar-refractivity contribution in [3.05, 3.63) is 41.5 Å². The molecule has 64 valence electrons. The van der Waals surface area contributed by atoms with Crippen molar-refractivity contribution < 1.29 is 9.90 Å². The average Bonchev–Trinajstić information content (AvgIpc) is 2.12. The first kappa shape index (κ1) is 7.73. The third kappa shape index (κ3) is 1.05. The minimum atomic E-state index is -0.165.